The van der Waals surface area contributed by atoms with Crippen molar-refractivity contribution in [1.29, 1.82) is 0 Å². The molecule has 0 aliphatic carbocycles. The van der Waals surface area contributed by atoms with Gasteiger partial charge in [0.2, 0.25) is 5.66 Å². The Balaban J connectivity index is 1.84. The Hall–Kier alpha value is -2.00. The minimum Gasteiger partial charge on any atom is -0.492 e. The Morgan fingerprint density at radius 3 is 2.16 bits per heavy atom. The standard InChI is InChI=1S/C16H22F3N3O3/c1-14(2,3)25-13(23)22(4)9-10-24-12-7-5-11(6-8-12)15(20-21-15)16(17,18)19/h5-8,20-21H,9-10H2,1-4H3. The lowest BCUT2D eigenvalue weighted by molar-refractivity contribution is -0.165. The highest BCUT2D eigenvalue weighted by atomic mass is 19.4. The van der Waals surface area contributed by atoms with Crippen molar-refractivity contribution >= 4 is 6.09 Å². The van der Waals surface area contributed by atoms with Gasteiger partial charge in [0.15, 0.2) is 0 Å². The highest BCUT2D eigenvalue weighted by Gasteiger charge is 2.65. The molecule has 1 heterocycles. The number of benzene rings is 1. The quantitative estimate of drug-likeness (QED) is 0.788. The minimum atomic E-state index is -4.44. The number of carbonyl (C=O) groups excluding carboxylic acids is 1. The molecule has 0 spiro atoms. The molecule has 0 atom stereocenters. The molecule has 2 N–H and O–H groups in total. The average molecular weight is 361 g/mol. The molecule has 25 heavy (non-hydrogen) atoms. The zero-order valence-electron chi connectivity index (χ0n) is 14.5. The molecule has 1 amide bonds. The molecular weight excluding hydrogens is 339 g/mol. The Morgan fingerprint density at radius 1 is 1.16 bits per heavy atom. The molecule has 6 nitrogen and oxygen atoms in total. The predicted octanol–water partition coefficient (Wildman–Crippen LogP) is 2.76. The summed E-state index contributed by atoms with van der Waals surface area (Å²) in [4.78, 5) is 13.2. The number of amides is 1. The fourth-order valence-electron chi connectivity index (χ4n) is 2.04. The van der Waals surface area contributed by atoms with Crippen LogP contribution in [0.3, 0.4) is 0 Å². The van der Waals surface area contributed by atoms with Crippen LogP contribution in [0, 0.1) is 0 Å². The smallest absolute Gasteiger partial charge is 0.426 e. The third-order valence-electron chi connectivity index (χ3n) is 3.49. The van der Waals surface area contributed by atoms with E-state index < -0.39 is 23.5 Å². The molecular formula is C16H22F3N3O3. The van der Waals surface area contributed by atoms with Crippen molar-refractivity contribution in [3.63, 3.8) is 0 Å². The second-order valence-electron chi connectivity index (χ2n) is 6.77. The van der Waals surface area contributed by atoms with Crippen molar-refractivity contribution in [2.24, 2.45) is 0 Å². The fourth-order valence-corrected chi connectivity index (χ4v) is 2.04. The van der Waals surface area contributed by atoms with Crippen LogP contribution in [0.2, 0.25) is 0 Å². The summed E-state index contributed by atoms with van der Waals surface area (Å²) in [7, 11) is 1.58. The summed E-state index contributed by atoms with van der Waals surface area (Å²) >= 11 is 0. The molecule has 9 heteroatoms. The van der Waals surface area contributed by atoms with Gasteiger partial charge in [-0.3, -0.25) is 0 Å². The van der Waals surface area contributed by atoms with Gasteiger partial charge < -0.3 is 14.4 Å². The van der Waals surface area contributed by atoms with Crippen LogP contribution in [-0.2, 0) is 10.4 Å². The number of alkyl halides is 3. The summed E-state index contributed by atoms with van der Waals surface area (Å²) in [6, 6.07) is 5.59. The molecule has 0 bridgehead atoms. The van der Waals surface area contributed by atoms with Gasteiger partial charge in [0.25, 0.3) is 0 Å². The summed E-state index contributed by atoms with van der Waals surface area (Å²) < 4.78 is 49.5. The van der Waals surface area contributed by atoms with Gasteiger partial charge in [-0.05, 0) is 38.5 Å². The van der Waals surface area contributed by atoms with Gasteiger partial charge in [-0.15, -0.1) is 0 Å². The van der Waals surface area contributed by atoms with Crippen molar-refractivity contribution < 1.29 is 27.4 Å². The topological polar surface area (TPSA) is 82.7 Å². The normalized spacial score (nSPS) is 16.3. The second-order valence-corrected chi connectivity index (χ2v) is 6.77. The number of ether oxygens (including phenoxy) is 2. The van der Waals surface area contributed by atoms with E-state index in [0.29, 0.717) is 5.75 Å². The summed E-state index contributed by atoms with van der Waals surface area (Å²) in [6.07, 6.45) is -4.91. The predicted molar refractivity (Wildman–Crippen MR) is 84.8 cm³/mol. The van der Waals surface area contributed by atoms with E-state index in [0.717, 1.165) is 0 Å². The average Bonchev–Trinajstić information content (AvgIpc) is 3.27. The Morgan fingerprint density at radius 2 is 1.72 bits per heavy atom. The van der Waals surface area contributed by atoms with Crippen LogP contribution < -0.4 is 15.6 Å². The van der Waals surface area contributed by atoms with E-state index in [9.17, 15) is 18.0 Å². The molecule has 1 saturated heterocycles. The van der Waals surface area contributed by atoms with E-state index in [1.807, 2.05) is 0 Å². The third kappa shape index (κ3) is 4.76. The first-order valence-electron chi connectivity index (χ1n) is 7.73. The minimum absolute atomic E-state index is 0.0539. The monoisotopic (exact) mass is 361 g/mol. The van der Waals surface area contributed by atoms with Crippen molar-refractivity contribution in [2.75, 3.05) is 20.2 Å². The van der Waals surface area contributed by atoms with Crippen LogP contribution in [0.4, 0.5) is 18.0 Å². The number of likely N-dealkylation sites (N-methyl/N-ethyl adjacent to an activating group) is 1. The first-order chi connectivity index (χ1) is 11.4. The number of rotatable bonds is 5. The van der Waals surface area contributed by atoms with Crippen LogP contribution in [0.15, 0.2) is 24.3 Å². The first kappa shape index (κ1) is 19.3. The number of hydrogen-bond acceptors (Lipinski definition) is 5. The van der Waals surface area contributed by atoms with Crippen molar-refractivity contribution in [1.82, 2.24) is 15.8 Å². The molecule has 1 aliphatic rings. The maximum absolute atomic E-state index is 13.0. The molecule has 1 aromatic carbocycles. The molecule has 0 unspecified atom stereocenters. The maximum atomic E-state index is 13.0. The lowest BCUT2D eigenvalue weighted by Gasteiger charge is -2.24. The Kier molecular flexibility index (Phi) is 5.19. The molecule has 1 aliphatic heterocycles. The summed E-state index contributed by atoms with van der Waals surface area (Å²) in [5.41, 5.74) is 1.57. The molecule has 0 radical (unpaired) electrons. The number of halogens is 3. The zero-order valence-corrected chi connectivity index (χ0v) is 14.5. The first-order valence-corrected chi connectivity index (χ1v) is 7.73. The molecule has 140 valence electrons. The number of nitrogens with zero attached hydrogens (tertiary/aromatic N) is 1. The second kappa shape index (κ2) is 6.72. The van der Waals surface area contributed by atoms with E-state index in [-0.39, 0.29) is 18.7 Å². The summed E-state index contributed by atoms with van der Waals surface area (Å²) in [6.45, 7) is 5.79. The summed E-state index contributed by atoms with van der Waals surface area (Å²) in [5.74, 6) is 0.416. The van der Waals surface area contributed by atoms with Crippen LogP contribution >= 0.6 is 0 Å². The molecule has 2 rings (SSSR count). The van der Waals surface area contributed by atoms with Crippen LogP contribution in [0.5, 0.6) is 5.75 Å². The lowest BCUT2D eigenvalue weighted by Crippen LogP contribution is -2.36. The van der Waals surface area contributed by atoms with Gasteiger partial charge in [0, 0.05) is 7.05 Å². The maximum Gasteiger partial charge on any atom is 0.426 e. The Labute approximate surface area is 144 Å². The highest BCUT2D eigenvalue weighted by Crippen LogP contribution is 2.42. The number of hydrazine groups is 1. The molecule has 0 saturated carbocycles. The van der Waals surface area contributed by atoms with Gasteiger partial charge >= 0.3 is 12.3 Å². The van der Waals surface area contributed by atoms with E-state index in [1.165, 1.54) is 29.2 Å². The molecule has 1 fully saturated rings. The fraction of sp³-hybridized carbons (Fsp3) is 0.562. The number of carbonyl (C=O) groups is 1. The van der Waals surface area contributed by atoms with Gasteiger partial charge in [-0.2, -0.15) is 13.2 Å². The largest absolute Gasteiger partial charge is 0.492 e. The van der Waals surface area contributed by atoms with E-state index in [4.69, 9.17) is 9.47 Å². The highest BCUT2D eigenvalue weighted by molar-refractivity contribution is 5.67. The van der Waals surface area contributed by atoms with E-state index >= 15 is 0 Å². The van der Waals surface area contributed by atoms with Gasteiger partial charge in [0.1, 0.15) is 18.0 Å². The van der Waals surface area contributed by atoms with Crippen LogP contribution in [0.25, 0.3) is 0 Å². The molecule has 1 aromatic rings. The van der Waals surface area contributed by atoms with E-state index in [2.05, 4.69) is 10.9 Å². The summed E-state index contributed by atoms with van der Waals surface area (Å²) in [5, 5.41) is 0. The van der Waals surface area contributed by atoms with Crippen LogP contribution in [-0.4, -0.2) is 43.0 Å². The van der Waals surface area contributed by atoms with E-state index in [1.54, 1.807) is 27.8 Å². The van der Waals surface area contributed by atoms with Gasteiger partial charge in [-0.1, -0.05) is 12.1 Å². The van der Waals surface area contributed by atoms with Crippen molar-refractivity contribution in [3.8, 4) is 5.75 Å². The zero-order chi connectivity index (χ0) is 18.9. The lowest BCUT2D eigenvalue weighted by atomic mass is 10.0. The molecule has 0 aromatic heterocycles. The SMILES string of the molecule is CN(CCOc1ccc(C2(C(F)(F)F)NN2)cc1)C(=O)OC(C)(C)C. The number of nitrogens with one attached hydrogen (secondary N) is 2. The van der Waals surface area contributed by atoms with Crippen molar-refractivity contribution in [3.05, 3.63) is 29.8 Å². The van der Waals surface area contributed by atoms with Gasteiger partial charge in [-0.25, -0.2) is 15.6 Å². The third-order valence-corrected chi connectivity index (χ3v) is 3.49. The number of hydrogen-bond donors (Lipinski definition) is 2. The Bertz CT molecular complexity index is 608. The van der Waals surface area contributed by atoms with Gasteiger partial charge in [0.05, 0.1) is 6.54 Å². The van der Waals surface area contributed by atoms with Crippen LogP contribution in [0.1, 0.15) is 26.3 Å². The van der Waals surface area contributed by atoms with Crippen molar-refractivity contribution in [2.45, 2.75) is 38.2 Å².